The molecule has 5 N–H and O–H groups in total. The van der Waals surface area contributed by atoms with Crippen LogP contribution in [-0.4, -0.2) is 34.5 Å². The number of benzene rings is 1. The van der Waals surface area contributed by atoms with Crippen molar-refractivity contribution in [1.82, 2.24) is 5.43 Å². The molecule has 1 aromatic carbocycles. The number of aliphatic carboxylic acids is 1. The SMILES string of the molecule is CCOC(=O)Oc1ccc(CC(C)(NN)C(=O)O)cc1O. The van der Waals surface area contributed by atoms with Crippen LogP contribution >= 0.6 is 0 Å². The first-order valence-corrected chi connectivity index (χ1v) is 6.20. The van der Waals surface area contributed by atoms with Crippen LogP contribution in [0.3, 0.4) is 0 Å². The number of hydrogen-bond donors (Lipinski definition) is 4. The van der Waals surface area contributed by atoms with Crippen LogP contribution in [0.5, 0.6) is 11.5 Å². The van der Waals surface area contributed by atoms with Gasteiger partial charge < -0.3 is 19.7 Å². The van der Waals surface area contributed by atoms with Gasteiger partial charge in [-0.15, -0.1) is 0 Å². The summed E-state index contributed by atoms with van der Waals surface area (Å²) >= 11 is 0. The molecule has 1 rings (SSSR count). The molecule has 0 aliphatic carbocycles. The number of rotatable bonds is 6. The number of carboxylic acids is 1. The maximum Gasteiger partial charge on any atom is 0.513 e. The van der Waals surface area contributed by atoms with Gasteiger partial charge in [0.1, 0.15) is 5.54 Å². The predicted octanol–water partition coefficient (Wildman–Crippen LogP) is 0.777. The monoisotopic (exact) mass is 298 g/mol. The van der Waals surface area contributed by atoms with Crippen LogP contribution in [0.4, 0.5) is 4.79 Å². The molecule has 0 radical (unpaired) electrons. The number of aromatic hydroxyl groups is 1. The van der Waals surface area contributed by atoms with Crippen LogP contribution in [0.2, 0.25) is 0 Å². The van der Waals surface area contributed by atoms with Crippen LogP contribution in [0.15, 0.2) is 18.2 Å². The van der Waals surface area contributed by atoms with E-state index in [1.54, 1.807) is 6.92 Å². The van der Waals surface area contributed by atoms with Crippen LogP contribution in [-0.2, 0) is 16.0 Å². The van der Waals surface area contributed by atoms with E-state index in [1.165, 1.54) is 25.1 Å². The van der Waals surface area contributed by atoms with Gasteiger partial charge in [0.2, 0.25) is 0 Å². The Morgan fingerprint density at radius 1 is 1.43 bits per heavy atom. The highest BCUT2D eigenvalue weighted by Gasteiger charge is 2.32. The Hall–Kier alpha value is -2.32. The van der Waals surface area contributed by atoms with E-state index in [9.17, 15) is 14.7 Å². The van der Waals surface area contributed by atoms with E-state index in [0.717, 1.165) is 0 Å². The van der Waals surface area contributed by atoms with E-state index in [1.807, 2.05) is 0 Å². The second-order valence-corrected chi connectivity index (χ2v) is 4.55. The molecule has 1 unspecified atom stereocenters. The molecule has 0 fully saturated rings. The van der Waals surface area contributed by atoms with E-state index >= 15 is 0 Å². The molecule has 1 atom stereocenters. The van der Waals surface area contributed by atoms with Gasteiger partial charge >= 0.3 is 12.1 Å². The minimum absolute atomic E-state index is 0.0338. The summed E-state index contributed by atoms with van der Waals surface area (Å²) in [5, 5.41) is 18.9. The maximum absolute atomic E-state index is 11.2. The zero-order valence-electron chi connectivity index (χ0n) is 11.8. The molecular formula is C13H18N2O6. The van der Waals surface area contributed by atoms with Gasteiger partial charge in [-0.3, -0.25) is 10.6 Å². The summed E-state index contributed by atoms with van der Waals surface area (Å²) in [6.45, 7) is 3.18. The van der Waals surface area contributed by atoms with Crippen molar-refractivity contribution in [1.29, 1.82) is 0 Å². The van der Waals surface area contributed by atoms with E-state index in [4.69, 9.17) is 15.7 Å². The van der Waals surface area contributed by atoms with Crippen molar-refractivity contribution in [3.05, 3.63) is 23.8 Å². The Bertz CT molecular complexity index is 533. The van der Waals surface area contributed by atoms with Gasteiger partial charge in [0.05, 0.1) is 6.61 Å². The second kappa shape index (κ2) is 6.91. The third-order valence-electron chi connectivity index (χ3n) is 2.83. The fourth-order valence-electron chi connectivity index (χ4n) is 1.59. The number of ether oxygens (including phenoxy) is 2. The third kappa shape index (κ3) is 4.33. The first-order valence-electron chi connectivity index (χ1n) is 6.20. The van der Waals surface area contributed by atoms with Crippen LogP contribution in [0, 0.1) is 0 Å². The number of carbonyl (C=O) groups excluding carboxylic acids is 1. The van der Waals surface area contributed by atoms with Gasteiger partial charge in [-0.1, -0.05) is 6.07 Å². The van der Waals surface area contributed by atoms with Crippen LogP contribution in [0.25, 0.3) is 0 Å². The fraction of sp³-hybridized carbons (Fsp3) is 0.385. The lowest BCUT2D eigenvalue weighted by molar-refractivity contribution is -0.144. The lowest BCUT2D eigenvalue weighted by Gasteiger charge is -2.23. The smallest absolute Gasteiger partial charge is 0.504 e. The molecule has 1 aromatic rings. The van der Waals surface area contributed by atoms with Crippen molar-refractivity contribution in [3.63, 3.8) is 0 Å². The van der Waals surface area contributed by atoms with E-state index in [2.05, 4.69) is 10.2 Å². The molecule has 0 aliphatic rings. The zero-order chi connectivity index (χ0) is 16.0. The standard InChI is InChI=1S/C13H18N2O6/c1-3-20-12(19)21-10-5-4-8(6-9(10)16)7-13(2,15-14)11(17)18/h4-6,15-16H,3,7,14H2,1-2H3,(H,17,18). The largest absolute Gasteiger partial charge is 0.513 e. The number of carboxylic acid groups (broad SMARTS) is 1. The fourth-order valence-corrected chi connectivity index (χ4v) is 1.59. The van der Waals surface area contributed by atoms with E-state index < -0.39 is 17.7 Å². The molecule has 116 valence electrons. The molecule has 0 amide bonds. The third-order valence-corrected chi connectivity index (χ3v) is 2.83. The maximum atomic E-state index is 11.2. The number of nitrogens with one attached hydrogen (secondary N) is 1. The Balaban J connectivity index is 2.87. The average molecular weight is 298 g/mol. The van der Waals surface area contributed by atoms with Crippen LogP contribution in [0.1, 0.15) is 19.4 Å². The number of phenolic OH excluding ortho intramolecular Hbond substituents is 1. The van der Waals surface area contributed by atoms with Crippen molar-refractivity contribution in [2.75, 3.05) is 6.61 Å². The summed E-state index contributed by atoms with van der Waals surface area (Å²) in [5.41, 5.74) is 1.35. The Morgan fingerprint density at radius 2 is 2.10 bits per heavy atom. The lowest BCUT2D eigenvalue weighted by Crippen LogP contribution is -2.54. The Morgan fingerprint density at radius 3 is 2.57 bits per heavy atom. The van der Waals surface area contributed by atoms with Crippen molar-refractivity contribution in [3.8, 4) is 11.5 Å². The molecule has 0 bridgehead atoms. The van der Waals surface area contributed by atoms with Gasteiger partial charge in [-0.25, -0.2) is 10.2 Å². The van der Waals surface area contributed by atoms with Crippen molar-refractivity contribution < 1.29 is 29.3 Å². The van der Waals surface area contributed by atoms with Gasteiger partial charge in [-0.05, 0) is 31.5 Å². The van der Waals surface area contributed by atoms with Gasteiger partial charge in [0.15, 0.2) is 11.5 Å². The molecule has 0 saturated carbocycles. The van der Waals surface area contributed by atoms with Gasteiger partial charge in [-0.2, -0.15) is 0 Å². The first kappa shape index (κ1) is 16.7. The molecule has 0 aromatic heterocycles. The Labute approximate surface area is 121 Å². The number of carbonyl (C=O) groups is 2. The van der Waals surface area contributed by atoms with Gasteiger partial charge in [0.25, 0.3) is 0 Å². The molecule has 0 aliphatic heterocycles. The van der Waals surface area contributed by atoms with Crippen molar-refractivity contribution >= 4 is 12.1 Å². The average Bonchev–Trinajstić information content (AvgIpc) is 2.42. The summed E-state index contributed by atoms with van der Waals surface area (Å²) in [4.78, 5) is 22.3. The summed E-state index contributed by atoms with van der Waals surface area (Å²) in [7, 11) is 0. The minimum atomic E-state index is -1.38. The zero-order valence-corrected chi connectivity index (χ0v) is 11.8. The number of phenols is 1. The quantitative estimate of drug-likeness (QED) is 0.262. The summed E-state index contributed by atoms with van der Waals surface area (Å²) in [5.74, 6) is 3.74. The van der Waals surface area contributed by atoms with Gasteiger partial charge in [0, 0.05) is 6.42 Å². The van der Waals surface area contributed by atoms with E-state index in [-0.39, 0.29) is 24.5 Å². The molecular weight excluding hydrogens is 280 g/mol. The topological polar surface area (TPSA) is 131 Å². The molecule has 21 heavy (non-hydrogen) atoms. The minimum Gasteiger partial charge on any atom is -0.504 e. The molecule has 0 spiro atoms. The lowest BCUT2D eigenvalue weighted by atomic mass is 9.93. The number of nitrogens with two attached hydrogens (primary N) is 1. The molecule has 8 heteroatoms. The van der Waals surface area contributed by atoms with Crippen molar-refractivity contribution in [2.45, 2.75) is 25.8 Å². The highest BCUT2D eigenvalue weighted by atomic mass is 16.7. The van der Waals surface area contributed by atoms with Crippen LogP contribution < -0.4 is 16.0 Å². The highest BCUT2D eigenvalue weighted by molar-refractivity contribution is 5.78. The second-order valence-electron chi connectivity index (χ2n) is 4.55. The van der Waals surface area contributed by atoms with Crippen molar-refractivity contribution in [2.24, 2.45) is 5.84 Å². The number of hydrogen-bond acceptors (Lipinski definition) is 7. The van der Waals surface area contributed by atoms with E-state index in [0.29, 0.717) is 5.56 Å². The Kier molecular flexibility index (Phi) is 5.51. The predicted molar refractivity (Wildman–Crippen MR) is 72.8 cm³/mol. The summed E-state index contributed by atoms with van der Waals surface area (Å²) in [6.07, 6.45) is -0.897. The summed E-state index contributed by atoms with van der Waals surface area (Å²) in [6, 6.07) is 4.17. The first-order chi connectivity index (χ1) is 9.82. The molecule has 0 saturated heterocycles. The summed E-state index contributed by atoms with van der Waals surface area (Å²) < 4.78 is 9.36. The normalized spacial score (nSPS) is 13.3. The molecule has 8 nitrogen and oxygen atoms in total. The molecule has 0 heterocycles. The highest BCUT2D eigenvalue weighted by Crippen LogP contribution is 2.28. The number of hydrazine groups is 1.